The number of ether oxygens (including phenoxy) is 1. The molecule has 0 aromatic heterocycles. The summed E-state index contributed by atoms with van der Waals surface area (Å²) in [5.41, 5.74) is -0.598. The largest absolute Gasteiger partial charge is 0.465 e. The van der Waals surface area contributed by atoms with E-state index in [1.165, 1.54) is 89.9 Å². The van der Waals surface area contributed by atoms with Crippen LogP contribution < -0.4 is 5.32 Å². The van der Waals surface area contributed by atoms with Gasteiger partial charge in [0.05, 0.1) is 12.2 Å². The molecule has 1 rings (SSSR count). The first-order chi connectivity index (χ1) is 20.5. The van der Waals surface area contributed by atoms with E-state index < -0.39 is 5.60 Å². The van der Waals surface area contributed by atoms with Gasteiger partial charge in [0.2, 0.25) is 0 Å². The first-order valence-electron chi connectivity index (χ1n) is 18.3. The van der Waals surface area contributed by atoms with Crippen LogP contribution in [0.1, 0.15) is 168 Å². The van der Waals surface area contributed by atoms with Crippen LogP contribution in [0.4, 0.5) is 0 Å². The van der Waals surface area contributed by atoms with Gasteiger partial charge in [0.25, 0.3) is 0 Å². The van der Waals surface area contributed by atoms with Gasteiger partial charge in [0.15, 0.2) is 0 Å². The van der Waals surface area contributed by atoms with E-state index in [1.807, 2.05) is 0 Å². The van der Waals surface area contributed by atoms with Crippen molar-refractivity contribution in [3.8, 4) is 0 Å². The Bertz CT molecular complexity index is 608. The third kappa shape index (κ3) is 22.5. The summed E-state index contributed by atoms with van der Waals surface area (Å²) in [6.45, 7) is 9.54. The Hall–Kier alpha value is -0.980. The lowest BCUT2D eigenvalue weighted by atomic mass is 9.91. The fourth-order valence-electron chi connectivity index (χ4n) is 6.28. The average Bonchev–Trinajstić information content (AvgIpc) is 2.98. The minimum atomic E-state index is -0.598. The van der Waals surface area contributed by atoms with Crippen LogP contribution in [0.5, 0.6) is 0 Å². The van der Waals surface area contributed by atoms with Gasteiger partial charge in [-0.25, -0.2) is 0 Å². The number of aliphatic hydroxyl groups is 1. The topological polar surface area (TPSA) is 78.9 Å². The van der Waals surface area contributed by atoms with Gasteiger partial charge in [-0.15, -0.1) is 0 Å². The maximum atomic E-state index is 12.6. The minimum absolute atomic E-state index is 0.0260. The second-order valence-corrected chi connectivity index (χ2v) is 13.2. The quantitative estimate of drug-likeness (QED) is 0.0494. The molecule has 42 heavy (non-hydrogen) atoms. The number of aldehydes is 1. The predicted octanol–water partition coefficient (Wildman–Crippen LogP) is 8.38. The Morgan fingerprint density at radius 1 is 0.786 bits per heavy atom. The number of nitrogens with one attached hydrogen (secondary N) is 1. The van der Waals surface area contributed by atoms with E-state index in [2.05, 4.69) is 24.1 Å². The highest BCUT2D eigenvalue weighted by atomic mass is 16.5. The van der Waals surface area contributed by atoms with Gasteiger partial charge < -0.3 is 24.9 Å². The number of hydrogen-bond donors (Lipinski definition) is 2. The summed E-state index contributed by atoms with van der Waals surface area (Å²) in [6.07, 6.45) is 28.0. The zero-order valence-electron chi connectivity index (χ0n) is 28.0. The average molecular weight is 595 g/mol. The lowest BCUT2D eigenvalue weighted by Gasteiger charge is -2.37. The molecule has 1 aliphatic rings. The van der Waals surface area contributed by atoms with Crippen molar-refractivity contribution in [1.82, 2.24) is 10.2 Å². The summed E-state index contributed by atoms with van der Waals surface area (Å²) in [5.74, 6) is 0.495. The van der Waals surface area contributed by atoms with Crippen molar-refractivity contribution in [2.24, 2.45) is 5.92 Å². The number of carbonyl (C=O) groups is 2. The Morgan fingerprint density at radius 2 is 1.31 bits per heavy atom. The molecule has 2 N–H and O–H groups in total. The van der Waals surface area contributed by atoms with Gasteiger partial charge in [-0.2, -0.15) is 0 Å². The van der Waals surface area contributed by atoms with E-state index in [9.17, 15) is 14.7 Å². The summed E-state index contributed by atoms with van der Waals surface area (Å²) < 4.78 is 5.81. The lowest BCUT2D eigenvalue weighted by molar-refractivity contribution is -0.145. The molecule has 1 aliphatic heterocycles. The number of unbranched alkanes of at least 4 members (excludes halogenated alkanes) is 15. The van der Waals surface area contributed by atoms with Crippen molar-refractivity contribution in [3.63, 3.8) is 0 Å². The molecule has 0 bridgehead atoms. The van der Waals surface area contributed by atoms with Crippen LogP contribution in [0.2, 0.25) is 0 Å². The zero-order chi connectivity index (χ0) is 30.6. The number of carbonyl (C=O) groups excluding carboxylic acids is 2. The van der Waals surface area contributed by atoms with E-state index in [0.717, 1.165) is 90.4 Å². The second kappa shape index (κ2) is 27.6. The Labute approximate surface area is 260 Å². The standard InChI is InChI=1S/C36H70N2O4/c1-3-5-7-9-11-16-22-34(23-17-12-10-8-6-4-2)32-42-35(40)24-18-15-20-30-38(29-19-13-14-21-31-39)33-36(41)25-27-37-28-26-36/h31,34,37,41H,3-30,32-33H2,1-2H3. The molecule has 0 saturated carbocycles. The normalized spacial score (nSPS) is 15.0. The predicted molar refractivity (Wildman–Crippen MR) is 177 cm³/mol. The third-order valence-corrected chi connectivity index (χ3v) is 9.12. The van der Waals surface area contributed by atoms with E-state index in [1.54, 1.807) is 0 Å². The molecule has 6 nitrogen and oxygen atoms in total. The summed E-state index contributed by atoms with van der Waals surface area (Å²) in [5, 5.41) is 14.4. The van der Waals surface area contributed by atoms with Crippen LogP contribution in [-0.4, -0.2) is 67.2 Å². The molecule has 6 heteroatoms. The van der Waals surface area contributed by atoms with Crippen LogP contribution in [0.3, 0.4) is 0 Å². The first-order valence-corrected chi connectivity index (χ1v) is 18.3. The van der Waals surface area contributed by atoms with Crippen molar-refractivity contribution >= 4 is 12.3 Å². The molecule has 0 amide bonds. The summed E-state index contributed by atoms with van der Waals surface area (Å²) in [4.78, 5) is 25.6. The van der Waals surface area contributed by atoms with Crippen molar-refractivity contribution in [2.75, 3.05) is 39.3 Å². The summed E-state index contributed by atoms with van der Waals surface area (Å²) >= 11 is 0. The molecule has 0 spiro atoms. The molecule has 0 unspecified atom stereocenters. The Balaban J connectivity index is 2.33. The van der Waals surface area contributed by atoms with Crippen molar-refractivity contribution < 1.29 is 19.4 Å². The highest BCUT2D eigenvalue weighted by molar-refractivity contribution is 5.69. The summed E-state index contributed by atoms with van der Waals surface area (Å²) in [7, 11) is 0. The van der Waals surface area contributed by atoms with Crippen molar-refractivity contribution in [2.45, 2.75) is 174 Å². The number of rotatable bonds is 30. The molecule has 1 fully saturated rings. The molecular formula is C36H70N2O4. The highest BCUT2D eigenvalue weighted by Crippen LogP contribution is 2.22. The number of esters is 1. The van der Waals surface area contributed by atoms with Crippen LogP contribution >= 0.6 is 0 Å². The Morgan fingerprint density at radius 3 is 1.88 bits per heavy atom. The fraction of sp³-hybridized carbons (Fsp3) is 0.944. The lowest BCUT2D eigenvalue weighted by Crippen LogP contribution is -2.50. The van der Waals surface area contributed by atoms with Gasteiger partial charge in [-0.05, 0) is 83.5 Å². The smallest absolute Gasteiger partial charge is 0.305 e. The molecule has 1 saturated heterocycles. The van der Waals surface area contributed by atoms with Crippen LogP contribution in [0.15, 0.2) is 0 Å². The van der Waals surface area contributed by atoms with Crippen LogP contribution in [0, 0.1) is 5.92 Å². The van der Waals surface area contributed by atoms with Gasteiger partial charge in [0.1, 0.15) is 6.29 Å². The summed E-state index contributed by atoms with van der Waals surface area (Å²) in [6, 6.07) is 0. The van der Waals surface area contributed by atoms with Gasteiger partial charge >= 0.3 is 5.97 Å². The van der Waals surface area contributed by atoms with Crippen molar-refractivity contribution in [1.29, 1.82) is 0 Å². The van der Waals surface area contributed by atoms with Crippen LogP contribution in [-0.2, 0) is 14.3 Å². The SMILES string of the molecule is CCCCCCCCC(CCCCCCCC)COC(=O)CCCCCN(CCCCCC=O)CC1(O)CCNCC1. The maximum Gasteiger partial charge on any atom is 0.305 e. The molecule has 0 aromatic carbocycles. The minimum Gasteiger partial charge on any atom is -0.465 e. The molecule has 0 radical (unpaired) electrons. The van der Waals surface area contributed by atoms with E-state index >= 15 is 0 Å². The third-order valence-electron chi connectivity index (χ3n) is 9.12. The maximum absolute atomic E-state index is 12.6. The highest BCUT2D eigenvalue weighted by Gasteiger charge is 2.31. The Kier molecular flexibility index (Phi) is 25.6. The molecule has 1 heterocycles. The molecule has 0 aromatic rings. The van der Waals surface area contributed by atoms with Gasteiger partial charge in [-0.1, -0.05) is 104 Å². The van der Waals surface area contributed by atoms with E-state index in [0.29, 0.717) is 25.4 Å². The van der Waals surface area contributed by atoms with Gasteiger partial charge in [0, 0.05) is 19.4 Å². The van der Waals surface area contributed by atoms with Crippen LogP contribution in [0.25, 0.3) is 0 Å². The number of nitrogens with zero attached hydrogens (tertiary/aromatic N) is 1. The first kappa shape index (κ1) is 39.0. The second-order valence-electron chi connectivity index (χ2n) is 13.2. The van der Waals surface area contributed by atoms with E-state index in [4.69, 9.17) is 4.74 Å². The monoisotopic (exact) mass is 595 g/mol. The van der Waals surface area contributed by atoms with Crippen molar-refractivity contribution in [3.05, 3.63) is 0 Å². The van der Waals surface area contributed by atoms with Gasteiger partial charge in [-0.3, -0.25) is 4.79 Å². The number of hydrogen-bond acceptors (Lipinski definition) is 6. The molecular weight excluding hydrogens is 524 g/mol. The molecule has 0 aliphatic carbocycles. The van der Waals surface area contributed by atoms with E-state index in [-0.39, 0.29) is 5.97 Å². The fourth-order valence-corrected chi connectivity index (χ4v) is 6.28. The molecule has 0 atom stereocenters. The zero-order valence-corrected chi connectivity index (χ0v) is 28.0. The number of piperidine rings is 1. The molecule has 248 valence electrons.